The van der Waals surface area contributed by atoms with Gasteiger partial charge in [-0.25, -0.2) is 8.78 Å². The number of amides is 1. The van der Waals surface area contributed by atoms with E-state index in [2.05, 4.69) is 20.3 Å². The van der Waals surface area contributed by atoms with Gasteiger partial charge in [-0.05, 0) is 18.6 Å². The van der Waals surface area contributed by atoms with E-state index in [4.69, 9.17) is 4.42 Å². The van der Waals surface area contributed by atoms with Crippen LogP contribution in [0.1, 0.15) is 29.6 Å². The average Bonchev–Trinajstić information content (AvgIpc) is 3.04. The van der Waals surface area contributed by atoms with Gasteiger partial charge in [0.2, 0.25) is 5.89 Å². The molecule has 1 aromatic heterocycles. The van der Waals surface area contributed by atoms with Crippen LogP contribution in [0.3, 0.4) is 0 Å². The summed E-state index contributed by atoms with van der Waals surface area (Å²) >= 11 is 1.03. The molecule has 0 spiro atoms. The van der Waals surface area contributed by atoms with Gasteiger partial charge in [0.05, 0.1) is 13.7 Å². The normalized spacial score (nSPS) is 11.8. The van der Waals surface area contributed by atoms with Gasteiger partial charge in [0.25, 0.3) is 11.1 Å². The van der Waals surface area contributed by atoms with E-state index in [1.165, 1.54) is 7.11 Å². The second-order valence-electron chi connectivity index (χ2n) is 4.78. The molecular formula is C15H15F2N3O4S. The summed E-state index contributed by atoms with van der Waals surface area (Å²) in [6, 6.07) is 3.13. The lowest BCUT2D eigenvalue weighted by Gasteiger charge is -2.08. The summed E-state index contributed by atoms with van der Waals surface area (Å²) < 4.78 is 37.0. The van der Waals surface area contributed by atoms with Crippen LogP contribution in [-0.4, -0.2) is 34.4 Å². The number of thioether (sulfide) groups is 1. The molecule has 0 unspecified atom stereocenters. The molecule has 0 aliphatic carbocycles. The quantitative estimate of drug-likeness (QED) is 0.589. The number of methoxy groups -OCH3 is 1. The number of rotatable bonds is 7. The topological polar surface area (TPSA) is 94.3 Å². The highest BCUT2D eigenvalue weighted by molar-refractivity contribution is 8.00. The van der Waals surface area contributed by atoms with E-state index in [0.29, 0.717) is 6.42 Å². The Bertz CT molecular complexity index is 749. The summed E-state index contributed by atoms with van der Waals surface area (Å²) in [4.78, 5) is 23.4. The van der Waals surface area contributed by atoms with Gasteiger partial charge in [-0.1, -0.05) is 24.8 Å². The van der Waals surface area contributed by atoms with Crippen molar-refractivity contribution in [2.45, 2.75) is 30.4 Å². The Kier molecular flexibility index (Phi) is 6.45. The standard InChI is InChI=1S/C15H15F2N3O4S/c1-3-10(14(22)23-2)25-15-20-19-11(24-15)7-18-13(21)12-8(16)5-4-6-9(12)17/h4-6,10H,3,7H2,1-2H3,(H,18,21)/t10-/m1/s1. The van der Waals surface area contributed by atoms with Crippen molar-refractivity contribution in [3.8, 4) is 0 Å². The summed E-state index contributed by atoms with van der Waals surface area (Å²) in [7, 11) is 1.28. The van der Waals surface area contributed by atoms with Crippen molar-refractivity contribution in [2.75, 3.05) is 7.11 Å². The highest BCUT2D eigenvalue weighted by Gasteiger charge is 2.22. The van der Waals surface area contributed by atoms with Crippen molar-refractivity contribution in [3.05, 3.63) is 41.3 Å². The molecule has 0 saturated carbocycles. The molecule has 7 nitrogen and oxygen atoms in total. The van der Waals surface area contributed by atoms with E-state index in [0.717, 1.165) is 30.0 Å². The predicted molar refractivity (Wildman–Crippen MR) is 83.8 cm³/mol. The minimum atomic E-state index is -0.969. The minimum Gasteiger partial charge on any atom is -0.468 e. The van der Waals surface area contributed by atoms with E-state index in [1.54, 1.807) is 6.92 Å². The highest BCUT2D eigenvalue weighted by atomic mass is 32.2. The summed E-state index contributed by atoms with van der Waals surface area (Å²) in [6.07, 6.45) is 0.498. The maximum Gasteiger partial charge on any atom is 0.319 e. The smallest absolute Gasteiger partial charge is 0.319 e. The lowest BCUT2D eigenvalue weighted by molar-refractivity contribution is -0.140. The van der Waals surface area contributed by atoms with Gasteiger partial charge in [-0.15, -0.1) is 10.2 Å². The van der Waals surface area contributed by atoms with Crippen molar-refractivity contribution < 1.29 is 27.5 Å². The van der Waals surface area contributed by atoms with Gasteiger partial charge in [0, 0.05) is 0 Å². The molecule has 1 aromatic carbocycles. The van der Waals surface area contributed by atoms with E-state index in [-0.39, 0.29) is 17.7 Å². The number of halogens is 2. The van der Waals surface area contributed by atoms with Crippen LogP contribution >= 0.6 is 11.8 Å². The Labute approximate surface area is 146 Å². The van der Waals surface area contributed by atoms with Gasteiger partial charge in [0.15, 0.2) is 0 Å². The number of ether oxygens (including phenoxy) is 1. The van der Waals surface area contributed by atoms with Crippen LogP contribution in [0.4, 0.5) is 8.78 Å². The minimum absolute atomic E-state index is 0.0346. The van der Waals surface area contributed by atoms with Crippen molar-refractivity contribution in [1.29, 1.82) is 0 Å². The Morgan fingerprint density at radius 3 is 2.60 bits per heavy atom. The summed E-state index contributed by atoms with van der Waals surface area (Å²) in [5, 5.41) is 9.37. The number of benzene rings is 1. The van der Waals surface area contributed by atoms with Gasteiger partial charge < -0.3 is 14.5 Å². The zero-order valence-electron chi connectivity index (χ0n) is 13.4. The van der Waals surface area contributed by atoms with Gasteiger partial charge in [-0.2, -0.15) is 0 Å². The largest absolute Gasteiger partial charge is 0.468 e. The average molecular weight is 371 g/mol. The summed E-state index contributed by atoms with van der Waals surface area (Å²) in [5.74, 6) is -3.27. The molecular weight excluding hydrogens is 356 g/mol. The monoisotopic (exact) mass is 371 g/mol. The lowest BCUT2D eigenvalue weighted by Crippen LogP contribution is -2.25. The lowest BCUT2D eigenvalue weighted by atomic mass is 10.2. The Balaban J connectivity index is 1.97. The maximum absolute atomic E-state index is 13.5. The third-order valence-electron chi connectivity index (χ3n) is 3.12. The molecule has 1 atom stereocenters. The SMILES string of the molecule is CC[C@@H](Sc1nnc(CNC(=O)c2c(F)cccc2F)o1)C(=O)OC. The van der Waals surface area contributed by atoms with Crippen LogP contribution in [0.25, 0.3) is 0 Å². The Morgan fingerprint density at radius 2 is 2.00 bits per heavy atom. The molecule has 10 heteroatoms. The zero-order valence-corrected chi connectivity index (χ0v) is 14.2. The molecule has 0 fully saturated rings. The third kappa shape index (κ3) is 4.75. The number of nitrogens with one attached hydrogen (secondary N) is 1. The van der Waals surface area contributed by atoms with Crippen LogP contribution in [-0.2, 0) is 16.1 Å². The van der Waals surface area contributed by atoms with Crippen molar-refractivity contribution in [1.82, 2.24) is 15.5 Å². The van der Waals surface area contributed by atoms with Gasteiger partial charge in [-0.3, -0.25) is 9.59 Å². The number of esters is 1. The Hall–Kier alpha value is -2.49. The van der Waals surface area contributed by atoms with Crippen LogP contribution in [0.5, 0.6) is 0 Å². The molecule has 0 saturated heterocycles. The fourth-order valence-corrected chi connectivity index (χ4v) is 2.70. The summed E-state index contributed by atoms with van der Waals surface area (Å²) in [5.41, 5.74) is -0.687. The Morgan fingerprint density at radius 1 is 1.32 bits per heavy atom. The second kappa shape index (κ2) is 8.56. The zero-order chi connectivity index (χ0) is 18.4. The number of carbonyl (C=O) groups is 2. The van der Waals surface area contributed by atoms with E-state index < -0.39 is 34.3 Å². The first-order chi connectivity index (χ1) is 12.0. The van der Waals surface area contributed by atoms with Crippen LogP contribution < -0.4 is 5.32 Å². The fraction of sp³-hybridized carbons (Fsp3) is 0.333. The first-order valence-corrected chi connectivity index (χ1v) is 8.13. The number of hydrogen-bond acceptors (Lipinski definition) is 7. The molecule has 1 amide bonds. The molecule has 1 heterocycles. The molecule has 0 aliphatic rings. The van der Waals surface area contributed by atoms with Crippen LogP contribution in [0.15, 0.2) is 27.8 Å². The number of aromatic nitrogens is 2. The fourth-order valence-electron chi connectivity index (χ4n) is 1.87. The van der Waals surface area contributed by atoms with Gasteiger partial charge in [0.1, 0.15) is 22.4 Å². The summed E-state index contributed by atoms with van der Waals surface area (Å²) in [6.45, 7) is 1.59. The van der Waals surface area contributed by atoms with Crippen molar-refractivity contribution in [2.24, 2.45) is 0 Å². The van der Waals surface area contributed by atoms with Crippen LogP contribution in [0, 0.1) is 11.6 Å². The number of carbonyl (C=O) groups excluding carboxylic acids is 2. The molecule has 1 N–H and O–H groups in total. The van der Waals surface area contributed by atoms with E-state index >= 15 is 0 Å². The van der Waals surface area contributed by atoms with Crippen molar-refractivity contribution in [3.63, 3.8) is 0 Å². The maximum atomic E-state index is 13.5. The van der Waals surface area contributed by atoms with Crippen molar-refractivity contribution >= 4 is 23.6 Å². The molecule has 0 bridgehead atoms. The van der Waals surface area contributed by atoms with E-state index in [1.807, 2.05) is 0 Å². The second-order valence-corrected chi connectivity index (χ2v) is 5.93. The predicted octanol–water partition coefficient (Wildman–Crippen LogP) is 2.32. The molecule has 2 rings (SSSR count). The molecule has 2 aromatic rings. The number of nitrogens with zero attached hydrogens (tertiary/aromatic N) is 2. The molecule has 0 radical (unpaired) electrons. The highest BCUT2D eigenvalue weighted by Crippen LogP contribution is 2.25. The first kappa shape index (κ1) is 18.8. The third-order valence-corrected chi connectivity index (χ3v) is 4.29. The molecule has 134 valence electrons. The van der Waals surface area contributed by atoms with Crippen LogP contribution in [0.2, 0.25) is 0 Å². The van der Waals surface area contributed by atoms with Gasteiger partial charge >= 0.3 is 5.97 Å². The molecule has 25 heavy (non-hydrogen) atoms. The van der Waals surface area contributed by atoms with E-state index in [9.17, 15) is 18.4 Å². The molecule has 0 aliphatic heterocycles. The number of hydrogen-bond donors (Lipinski definition) is 1. The first-order valence-electron chi connectivity index (χ1n) is 7.25.